The summed E-state index contributed by atoms with van der Waals surface area (Å²) >= 11 is 0. The Balaban J connectivity index is 1.12. The van der Waals surface area contributed by atoms with Crippen LogP contribution in [0.1, 0.15) is 0 Å². The molecule has 0 aliphatic rings. The monoisotopic (exact) mass is 715 g/mol. The Bertz CT molecular complexity index is 3180. The minimum absolute atomic E-state index is 0.573. The average Bonchev–Trinajstić information content (AvgIpc) is 3.80. The van der Waals surface area contributed by atoms with Crippen molar-refractivity contribution in [2.75, 3.05) is 0 Å². The molecule has 5 heteroatoms. The maximum Gasteiger partial charge on any atom is 0.238 e. The van der Waals surface area contributed by atoms with Crippen molar-refractivity contribution in [1.29, 1.82) is 0 Å². The molecule has 56 heavy (non-hydrogen) atoms. The topological polar surface area (TPSA) is 48.5 Å². The lowest BCUT2D eigenvalue weighted by Crippen LogP contribution is -2.06. The van der Waals surface area contributed by atoms with Crippen LogP contribution in [0.2, 0.25) is 0 Å². The van der Waals surface area contributed by atoms with Gasteiger partial charge in [0.25, 0.3) is 0 Å². The van der Waals surface area contributed by atoms with E-state index in [0.29, 0.717) is 17.6 Å². The van der Waals surface area contributed by atoms with Gasteiger partial charge in [-0.1, -0.05) is 164 Å². The molecule has 0 spiro atoms. The van der Waals surface area contributed by atoms with Crippen LogP contribution in [0.15, 0.2) is 200 Å². The number of rotatable bonds is 6. The van der Waals surface area contributed by atoms with E-state index in [0.717, 1.165) is 55.2 Å². The van der Waals surface area contributed by atoms with Gasteiger partial charge in [0, 0.05) is 38.4 Å². The number of fused-ring (bicyclic) bond motifs is 6. The second kappa shape index (κ2) is 13.0. The van der Waals surface area contributed by atoms with Crippen LogP contribution in [0.25, 0.3) is 100 Å². The summed E-state index contributed by atoms with van der Waals surface area (Å²) in [5.41, 5.74) is 11.9. The number of nitrogens with zero attached hydrogens (tertiary/aromatic N) is 5. The molecule has 11 rings (SSSR count). The third-order valence-electron chi connectivity index (χ3n) is 10.8. The number of hydrogen-bond donors (Lipinski definition) is 0. The van der Waals surface area contributed by atoms with Crippen LogP contribution in [0, 0.1) is 0 Å². The quantitative estimate of drug-likeness (QED) is 0.172. The Morgan fingerprint density at radius 1 is 0.268 bits per heavy atom. The second-order valence-electron chi connectivity index (χ2n) is 14.1. The highest BCUT2D eigenvalue weighted by Gasteiger charge is 2.19. The lowest BCUT2D eigenvalue weighted by atomic mass is 10.0. The summed E-state index contributed by atoms with van der Waals surface area (Å²) in [4.78, 5) is 15.7. The van der Waals surface area contributed by atoms with Gasteiger partial charge in [0.05, 0.1) is 22.1 Å². The number of aromatic nitrogens is 5. The maximum absolute atomic E-state index is 5.27. The zero-order chi connectivity index (χ0) is 37.0. The first-order valence-corrected chi connectivity index (χ1v) is 18.9. The van der Waals surface area contributed by atoms with Crippen LogP contribution in [-0.2, 0) is 0 Å². The van der Waals surface area contributed by atoms with Crippen molar-refractivity contribution in [1.82, 2.24) is 24.1 Å². The first-order valence-electron chi connectivity index (χ1n) is 18.9. The molecule has 0 amide bonds. The average molecular weight is 716 g/mol. The molecule has 0 atom stereocenters. The van der Waals surface area contributed by atoms with Gasteiger partial charge in [-0.2, -0.15) is 9.97 Å². The molecule has 0 aliphatic carbocycles. The molecular formula is C51H33N5. The number of para-hydroxylation sites is 3. The molecule has 0 unspecified atom stereocenters. The highest BCUT2D eigenvalue weighted by Crippen LogP contribution is 2.37. The van der Waals surface area contributed by atoms with Crippen LogP contribution in [0.3, 0.4) is 0 Å². The fraction of sp³-hybridized carbons (Fsp3) is 0. The summed E-state index contributed by atoms with van der Waals surface area (Å²) in [5.74, 6) is 1.79. The molecule has 8 aromatic carbocycles. The molecular weight excluding hydrogens is 683 g/mol. The summed E-state index contributed by atoms with van der Waals surface area (Å²) in [5, 5.41) is 4.73. The lowest BCUT2D eigenvalue weighted by molar-refractivity contribution is 0.953. The Labute approximate surface area is 323 Å². The third-order valence-corrected chi connectivity index (χ3v) is 10.8. The first-order chi connectivity index (χ1) is 27.8. The van der Waals surface area contributed by atoms with Gasteiger partial charge in [-0.25, -0.2) is 4.98 Å². The standard InChI is InChI=1S/C51H33N5/c1-3-14-34(15-4-1)36-26-28-37(29-27-36)49-52-50(54-51(53-49)56-46-24-11-8-20-41(46)42-21-9-12-25-47(42)56)39-18-13-19-40(32-39)55-45-23-10-7-22-43(45)44-31-30-38(33-48(44)55)35-16-5-2-6-17-35/h1-33H. The molecule has 5 nitrogen and oxygen atoms in total. The predicted molar refractivity (Wildman–Crippen MR) is 230 cm³/mol. The van der Waals surface area contributed by atoms with E-state index in [-0.39, 0.29) is 0 Å². The van der Waals surface area contributed by atoms with Gasteiger partial charge in [-0.05, 0) is 58.7 Å². The molecule has 0 bridgehead atoms. The minimum Gasteiger partial charge on any atom is -0.309 e. The molecule has 0 N–H and O–H groups in total. The normalized spacial score (nSPS) is 11.6. The molecule has 0 fully saturated rings. The van der Waals surface area contributed by atoms with E-state index in [4.69, 9.17) is 15.0 Å². The smallest absolute Gasteiger partial charge is 0.238 e. The van der Waals surface area contributed by atoms with Crippen molar-refractivity contribution in [2.24, 2.45) is 0 Å². The summed E-state index contributed by atoms with van der Waals surface area (Å²) in [6.07, 6.45) is 0. The highest BCUT2D eigenvalue weighted by atomic mass is 15.2. The number of hydrogen-bond acceptors (Lipinski definition) is 3. The molecule has 262 valence electrons. The van der Waals surface area contributed by atoms with Crippen molar-refractivity contribution >= 4 is 43.6 Å². The van der Waals surface area contributed by atoms with Gasteiger partial charge >= 0.3 is 0 Å². The summed E-state index contributed by atoms with van der Waals surface area (Å²) < 4.78 is 4.53. The van der Waals surface area contributed by atoms with Crippen molar-refractivity contribution in [3.63, 3.8) is 0 Å². The van der Waals surface area contributed by atoms with Gasteiger partial charge in [0.2, 0.25) is 5.95 Å². The fourth-order valence-corrected chi connectivity index (χ4v) is 8.15. The Hall–Kier alpha value is -7.63. The second-order valence-corrected chi connectivity index (χ2v) is 14.1. The molecule has 0 aliphatic heterocycles. The largest absolute Gasteiger partial charge is 0.309 e. The molecule has 3 heterocycles. The summed E-state index contributed by atoms with van der Waals surface area (Å²) in [6.45, 7) is 0. The van der Waals surface area contributed by atoms with Gasteiger partial charge in [0.1, 0.15) is 0 Å². The van der Waals surface area contributed by atoms with Crippen LogP contribution < -0.4 is 0 Å². The Morgan fingerprint density at radius 3 is 1.34 bits per heavy atom. The van der Waals surface area contributed by atoms with Gasteiger partial charge in [-0.3, -0.25) is 4.57 Å². The van der Waals surface area contributed by atoms with Crippen LogP contribution >= 0.6 is 0 Å². The zero-order valence-corrected chi connectivity index (χ0v) is 30.3. The van der Waals surface area contributed by atoms with E-state index in [1.54, 1.807) is 0 Å². The van der Waals surface area contributed by atoms with Gasteiger partial charge in [-0.15, -0.1) is 0 Å². The molecule has 3 aromatic heterocycles. The first kappa shape index (κ1) is 31.9. The van der Waals surface area contributed by atoms with E-state index in [2.05, 4.69) is 203 Å². The molecule has 0 radical (unpaired) electrons. The van der Waals surface area contributed by atoms with E-state index < -0.39 is 0 Å². The van der Waals surface area contributed by atoms with Crippen molar-refractivity contribution in [2.45, 2.75) is 0 Å². The van der Waals surface area contributed by atoms with E-state index in [9.17, 15) is 0 Å². The zero-order valence-electron chi connectivity index (χ0n) is 30.3. The molecule has 11 aromatic rings. The lowest BCUT2D eigenvalue weighted by Gasteiger charge is -2.13. The van der Waals surface area contributed by atoms with Gasteiger partial charge < -0.3 is 4.57 Å². The Kier molecular flexibility index (Phi) is 7.42. The molecule has 0 saturated heterocycles. The van der Waals surface area contributed by atoms with Crippen molar-refractivity contribution in [3.05, 3.63) is 200 Å². The third kappa shape index (κ3) is 5.29. The number of benzene rings is 8. The summed E-state index contributed by atoms with van der Waals surface area (Å²) in [6, 6.07) is 70.4. The van der Waals surface area contributed by atoms with E-state index >= 15 is 0 Å². The maximum atomic E-state index is 5.27. The fourth-order valence-electron chi connectivity index (χ4n) is 8.15. The van der Waals surface area contributed by atoms with Crippen LogP contribution in [0.4, 0.5) is 0 Å². The Morgan fingerprint density at radius 2 is 0.714 bits per heavy atom. The van der Waals surface area contributed by atoms with E-state index in [1.165, 1.54) is 27.5 Å². The van der Waals surface area contributed by atoms with Gasteiger partial charge in [0.15, 0.2) is 11.6 Å². The van der Waals surface area contributed by atoms with Crippen LogP contribution in [-0.4, -0.2) is 24.1 Å². The van der Waals surface area contributed by atoms with Crippen molar-refractivity contribution in [3.8, 4) is 56.7 Å². The van der Waals surface area contributed by atoms with Crippen LogP contribution in [0.5, 0.6) is 0 Å². The predicted octanol–water partition coefficient (Wildman–Crippen LogP) is 12.7. The minimum atomic E-state index is 0.573. The summed E-state index contributed by atoms with van der Waals surface area (Å²) in [7, 11) is 0. The van der Waals surface area contributed by atoms with Crippen molar-refractivity contribution < 1.29 is 0 Å². The highest BCUT2D eigenvalue weighted by molar-refractivity contribution is 6.11. The molecule has 0 saturated carbocycles. The van der Waals surface area contributed by atoms with E-state index in [1.807, 2.05) is 6.07 Å². The SMILES string of the molecule is c1ccc(-c2ccc(-c3nc(-c4cccc(-n5c6ccccc6c6ccc(-c7ccccc7)cc65)c4)nc(-n4c5ccccc5c5ccccc54)n3)cc2)cc1.